The molecule has 0 fully saturated rings. The van der Waals surface area contributed by atoms with Gasteiger partial charge in [0.05, 0.1) is 24.7 Å². The molecule has 0 spiro atoms. The van der Waals surface area contributed by atoms with Crippen LogP contribution >= 0.6 is 0 Å². The van der Waals surface area contributed by atoms with Crippen LogP contribution in [0.4, 0.5) is 5.69 Å². The number of hydrogen-bond donors (Lipinski definition) is 2. The van der Waals surface area contributed by atoms with Crippen molar-refractivity contribution in [1.82, 2.24) is 5.32 Å². The van der Waals surface area contributed by atoms with E-state index in [9.17, 15) is 8.42 Å². The summed E-state index contributed by atoms with van der Waals surface area (Å²) in [6, 6.07) is 5.10. The number of sulfonamides is 1. The number of unbranched alkanes of at least 4 members (excludes halogenated alkanes) is 1. The van der Waals surface area contributed by atoms with E-state index in [1.165, 1.54) is 0 Å². The second kappa shape index (κ2) is 7.51. The summed E-state index contributed by atoms with van der Waals surface area (Å²) in [5.41, 5.74) is 0.507. The summed E-state index contributed by atoms with van der Waals surface area (Å²) in [4.78, 5) is 0. The van der Waals surface area contributed by atoms with Crippen molar-refractivity contribution in [2.24, 2.45) is 0 Å². The molecule has 0 bridgehead atoms. The van der Waals surface area contributed by atoms with Crippen LogP contribution in [0.2, 0.25) is 0 Å². The molecule has 7 heteroatoms. The lowest BCUT2D eigenvalue weighted by molar-refractivity contribution is 0.297. The summed E-state index contributed by atoms with van der Waals surface area (Å²) in [7, 11) is -1.47. The fourth-order valence-electron chi connectivity index (χ4n) is 2.05. The van der Waals surface area contributed by atoms with E-state index in [-0.39, 0.29) is 5.75 Å². The summed E-state index contributed by atoms with van der Waals surface area (Å²) >= 11 is 0. The van der Waals surface area contributed by atoms with Gasteiger partial charge in [0.15, 0.2) is 11.5 Å². The highest BCUT2D eigenvalue weighted by Crippen LogP contribution is 2.32. The highest BCUT2D eigenvalue weighted by Gasteiger charge is 2.14. The molecule has 0 atom stereocenters. The maximum Gasteiger partial charge on any atom is 0.232 e. The van der Waals surface area contributed by atoms with E-state index in [1.807, 2.05) is 7.05 Å². The summed E-state index contributed by atoms with van der Waals surface area (Å²) in [6.45, 7) is 2.01. The fourth-order valence-corrected chi connectivity index (χ4v) is 3.22. The first-order chi connectivity index (χ1) is 10.1. The van der Waals surface area contributed by atoms with Crippen molar-refractivity contribution >= 4 is 15.7 Å². The van der Waals surface area contributed by atoms with Gasteiger partial charge in [0.1, 0.15) is 0 Å². The molecule has 0 saturated heterocycles. The zero-order valence-corrected chi connectivity index (χ0v) is 13.0. The molecule has 0 amide bonds. The molecular formula is C14H22N2O4S. The van der Waals surface area contributed by atoms with E-state index < -0.39 is 10.0 Å². The predicted molar refractivity (Wildman–Crippen MR) is 82.6 cm³/mol. The van der Waals surface area contributed by atoms with Gasteiger partial charge >= 0.3 is 0 Å². The minimum Gasteiger partial charge on any atom is -0.490 e. The van der Waals surface area contributed by atoms with E-state index in [2.05, 4.69) is 10.0 Å². The summed E-state index contributed by atoms with van der Waals surface area (Å²) in [5.74, 6) is 1.36. The normalized spacial score (nSPS) is 14.5. The number of fused-ring (bicyclic) bond motifs is 1. The Morgan fingerprint density at radius 2 is 1.90 bits per heavy atom. The summed E-state index contributed by atoms with van der Waals surface area (Å²) < 4.78 is 37.6. The van der Waals surface area contributed by atoms with Crippen molar-refractivity contribution in [3.8, 4) is 11.5 Å². The van der Waals surface area contributed by atoms with Gasteiger partial charge in [0, 0.05) is 12.5 Å². The quantitative estimate of drug-likeness (QED) is 0.747. The Labute approximate surface area is 125 Å². The zero-order valence-electron chi connectivity index (χ0n) is 12.2. The third-order valence-corrected chi connectivity index (χ3v) is 4.48. The highest BCUT2D eigenvalue weighted by molar-refractivity contribution is 7.92. The maximum absolute atomic E-state index is 12.0. The molecule has 2 N–H and O–H groups in total. The van der Waals surface area contributed by atoms with Gasteiger partial charge in [-0.25, -0.2) is 8.42 Å². The van der Waals surface area contributed by atoms with E-state index in [4.69, 9.17) is 9.47 Å². The number of hydrogen-bond acceptors (Lipinski definition) is 5. The molecular weight excluding hydrogens is 292 g/mol. The number of anilines is 1. The van der Waals surface area contributed by atoms with Crippen molar-refractivity contribution in [3.63, 3.8) is 0 Å². The van der Waals surface area contributed by atoms with Gasteiger partial charge in [-0.3, -0.25) is 4.72 Å². The Morgan fingerprint density at radius 1 is 1.14 bits per heavy atom. The smallest absolute Gasteiger partial charge is 0.232 e. The van der Waals surface area contributed by atoms with Crippen LogP contribution in [0.15, 0.2) is 18.2 Å². The Balaban J connectivity index is 1.97. The first-order valence-electron chi connectivity index (χ1n) is 7.15. The molecule has 2 rings (SSSR count). The largest absolute Gasteiger partial charge is 0.490 e. The molecule has 6 nitrogen and oxygen atoms in total. The van der Waals surface area contributed by atoms with Crippen molar-refractivity contribution in [2.75, 3.05) is 37.3 Å². The van der Waals surface area contributed by atoms with Gasteiger partial charge in [-0.05, 0) is 38.6 Å². The lowest BCUT2D eigenvalue weighted by Gasteiger charge is -2.11. The molecule has 1 aromatic carbocycles. The average Bonchev–Trinajstić information content (AvgIpc) is 2.68. The Bertz CT molecular complexity index is 560. The monoisotopic (exact) mass is 314 g/mol. The van der Waals surface area contributed by atoms with Crippen LogP contribution in [0.1, 0.15) is 19.3 Å². The van der Waals surface area contributed by atoms with Gasteiger partial charge in [0.2, 0.25) is 10.0 Å². The topological polar surface area (TPSA) is 76.7 Å². The third-order valence-electron chi connectivity index (χ3n) is 3.11. The molecule has 118 valence electrons. The molecule has 0 aromatic heterocycles. The predicted octanol–water partition coefficient (Wildman–Crippen LogP) is 1.59. The van der Waals surface area contributed by atoms with Crippen LogP contribution in [-0.2, 0) is 10.0 Å². The molecule has 1 aliphatic rings. The van der Waals surface area contributed by atoms with Gasteiger partial charge < -0.3 is 14.8 Å². The van der Waals surface area contributed by atoms with Crippen molar-refractivity contribution in [1.29, 1.82) is 0 Å². The van der Waals surface area contributed by atoms with Crippen LogP contribution < -0.4 is 19.5 Å². The second-order valence-corrected chi connectivity index (χ2v) is 6.79. The Morgan fingerprint density at radius 3 is 2.67 bits per heavy atom. The molecule has 21 heavy (non-hydrogen) atoms. The van der Waals surface area contributed by atoms with Gasteiger partial charge in [-0.2, -0.15) is 0 Å². The van der Waals surface area contributed by atoms with Crippen molar-refractivity contribution < 1.29 is 17.9 Å². The molecule has 0 unspecified atom stereocenters. The molecule has 0 saturated carbocycles. The molecule has 1 aliphatic heterocycles. The minimum atomic E-state index is -3.32. The number of ether oxygens (including phenoxy) is 2. The van der Waals surface area contributed by atoms with Crippen LogP contribution in [-0.4, -0.2) is 41.0 Å². The van der Waals surface area contributed by atoms with Gasteiger partial charge in [0.25, 0.3) is 0 Å². The fraction of sp³-hybridized carbons (Fsp3) is 0.571. The van der Waals surface area contributed by atoms with Gasteiger partial charge in [-0.1, -0.05) is 0 Å². The highest BCUT2D eigenvalue weighted by atomic mass is 32.2. The van der Waals surface area contributed by atoms with Crippen molar-refractivity contribution in [2.45, 2.75) is 19.3 Å². The first kappa shape index (κ1) is 15.9. The number of benzene rings is 1. The van der Waals surface area contributed by atoms with E-state index in [0.717, 1.165) is 19.4 Å². The Kier molecular flexibility index (Phi) is 5.69. The Hall–Kier alpha value is -1.47. The zero-order chi connectivity index (χ0) is 15.1. The molecule has 0 aliphatic carbocycles. The minimum absolute atomic E-state index is 0.114. The van der Waals surface area contributed by atoms with Crippen LogP contribution in [0.25, 0.3) is 0 Å². The van der Waals surface area contributed by atoms with Gasteiger partial charge in [-0.15, -0.1) is 0 Å². The third kappa shape index (κ3) is 5.09. The first-order valence-corrected chi connectivity index (χ1v) is 8.81. The molecule has 1 aromatic rings. The van der Waals surface area contributed by atoms with Crippen LogP contribution in [0, 0.1) is 0 Å². The lowest BCUT2D eigenvalue weighted by Crippen LogP contribution is -2.18. The van der Waals surface area contributed by atoms with Crippen LogP contribution in [0.3, 0.4) is 0 Å². The standard InChI is InChI=1S/C14H22N2O4S/c1-15-7-2-3-10-21(17,18)16-12-5-6-13-14(11-12)20-9-4-8-19-13/h5-6,11,15-16H,2-4,7-10H2,1H3. The van der Waals surface area contributed by atoms with Crippen molar-refractivity contribution in [3.05, 3.63) is 18.2 Å². The second-order valence-electron chi connectivity index (χ2n) is 4.94. The summed E-state index contributed by atoms with van der Waals surface area (Å²) in [6.07, 6.45) is 2.28. The number of nitrogens with one attached hydrogen (secondary N) is 2. The molecule has 1 heterocycles. The maximum atomic E-state index is 12.0. The van der Waals surface area contributed by atoms with E-state index >= 15 is 0 Å². The SMILES string of the molecule is CNCCCCS(=O)(=O)Nc1ccc2c(c1)OCCCO2. The van der Waals surface area contributed by atoms with Crippen LogP contribution in [0.5, 0.6) is 11.5 Å². The lowest BCUT2D eigenvalue weighted by atomic mass is 10.3. The number of rotatable bonds is 7. The average molecular weight is 314 g/mol. The van der Waals surface area contributed by atoms with E-state index in [1.54, 1.807) is 18.2 Å². The summed E-state index contributed by atoms with van der Waals surface area (Å²) in [5, 5.41) is 3.00. The molecule has 0 radical (unpaired) electrons. The van der Waals surface area contributed by atoms with E-state index in [0.29, 0.717) is 36.8 Å².